The van der Waals surface area contributed by atoms with E-state index in [1.807, 2.05) is 32.3 Å². The van der Waals surface area contributed by atoms with Crippen LogP contribution in [0.3, 0.4) is 0 Å². The van der Waals surface area contributed by atoms with Crippen LogP contribution in [0.15, 0.2) is 54.9 Å². The number of hydrogen-bond acceptors (Lipinski definition) is 6. The molecule has 0 aliphatic rings. The highest BCUT2D eigenvalue weighted by molar-refractivity contribution is 5.66. The molecule has 2 heterocycles. The van der Waals surface area contributed by atoms with Crippen molar-refractivity contribution in [1.82, 2.24) is 19.9 Å². The smallest absolute Gasteiger partial charge is 0.225 e. The summed E-state index contributed by atoms with van der Waals surface area (Å²) in [4.78, 5) is 15.3. The Morgan fingerprint density at radius 3 is 2.58 bits per heavy atom. The van der Waals surface area contributed by atoms with Gasteiger partial charge in [-0.3, -0.25) is 4.98 Å². The first-order chi connectivity index (χ1) is 12.6. The van der Waals surface area contributed by atoms with Crippen molar-refractivity contribution in [3.05, 3.63) is 60.7 Å². The Bertz CT molecular complexity index is 836. The zero-order valence-corrected chi connectivity index (χ0v) is 14.8. The molecule has 3 aromatic rings. The number of benzene rings is 1. The Kier molecular flexibility index (Phi) is 5.70. The summed E-state index contributed by atoms with van der Waals surface area (Å²) < 4.78 is 13.1. The monoisotopic (exact) mass is 352 g/mol. The standard InChI is InChI=1S/C19H21FN6/c1-26(2)11-10-22-19-24-17(14-4-3-9-21-13-14)12-18(25-19)23-16-7-5-15(20)6-8-16/h3-9,12-13H,10-11H2,1-2H3,(H2,22,23,24,25). The average molecular weight is 352 g/mol. The van der Waals surface area contributed by atoms with Crippen LogP contribution in [-0.4, -0.2) is 47.0 Å². The number of nitrogens with one attached hydrogen (secondary N) is 2. The molecule has 0 atom stereocenters. The van der Waals surface area contributed by atoms with E-state index in [1.165, 1.54) is 12.1 Å². The Morgan fingerprint density at radius 2 is 1.88 bits per heavy atom. The maximum atomic E-state index is 13.1. The number of rotatable bonds is 7. The van der Waals surface area contributed by atoms with Crippen molar-refractivity contribution in [2.75, 3.05) is 37.8 Å². The van der Waals surface area contributed by atoms with E-state index >= 15 is 0 Å². The third-order valence-corrected chi connectivity index (χ3v) is 3.64. The van der Waals surface area contributed by atoms with Crippen LogP contribution in [0.25, 0.3) is 11.3 Å². The topological polar surface area (TPSA) is 66.0 Å². The van der Waals surface area contributed by atoms with Crippen molar-refractivity contribution in [1.29, 1.82) is 0 Å². The Hall–Kier alpha value is -3.06. The maximum Gasteiger partial charge on any atom is 0.225 e. The van der Waals surface area contributed by atoms with Gasteiger partial charge >= 0.3 is 0 Å². The molecular formula is C19H21FN6. The van der Waals surface area contributed by atoms with Crippen molar-refractivity contribution >= 4 is 17.5 Å². The zero-order valence-electron chi connectivity index (χ0n) is 14.8. The van der Waals surface area contributed by atoms with Gasteiger partial charge < -0.3 is 15.5 Å². The summed E-state index contributed by atoms with van der Waals surface area (Å²) >= 11 is 0. The van der Waals surface area contributed by atoms with Crippen LogP contribution < -0.4 is 10.6 Å². The second kappa shape index (κ2) is 8.35. The highest BCUT2D eigenvalue weighted by Crippen LogP contribution is 2.23. The van der Waals surface area contributed by atoms with Gasteiger partial charge in [-0.1, -0.05) is 0 Å². The number of likely N-dealkylation sites (N-methyl/N-ethyl adjacent to an activating group) is 1. The van der Waals surface area contributed by atoms with Gasteiger partial charge in [-0.25, -0.2) is 9.37 Å². The van der Waals surface area contributed by atoms with Crippen molar-refractivity contribution < 1.29 is 4.39 Å². The number of pyridine rings is 1. The molecule has 0 saturated heterocycles. The molecule has 0 spiro atoms. The lowest BCUT2D eigenvalue weighted by atomic mass is 10.2. The van der Waals surface area contributed by atoms with Gasteiger partial charge in [-0.15, -0.1) is 0 Å². The lowest BCUT2D eigenvalue weighted by molar-refractivity contribution is 0.425. The molecule has 2 aromatic heterocycles. The summed E-state index contributed by atoms with van der Waals surface area (Å²) in [6.45, 7) is 1.58. The van der Waals surface area contributed by atoms with Crippen LogP contribution in [0.5, 0.6) is 0 Å². The Labute approximate surface area is 152 Å². The normalized spacial score (nSPS) is 10.8. The van der Waals surface area contributed by atoms with E-state index in [0.717, 1.165) is 30.0 Å². The minimum Gasteiger partial charge on any atom is -0.353 e. The van der Waals surface area contributed by atoms with E-state index in [9.17, 15) is 4.39 Å². The van der Waals surface area contributed by atoms with Gasteiger partial charge in [0.25, 0.3) is 0 Å². The Morgan fingerprint density at radius 1 is 1.08 bits per heavy atom. The van der Waals surface area contributed by atoms with Gasteiger partial charge in [0.15, 0.2) is 0 Å². The third kappa shape index (κ3) is 4.97. The molecule has 134 valence electrons. The van der Waals surface area contributed by atoms with Crippen LogP contribution in [0.4, 0.5) is 21.8 Å². The first-order valence-electron chi connectivity index (χ1n) is 8.31. The molecule has 0 aliphatic carbocycles. The average Bonchev–Trinajstić information content (AvgIpc) is 2.64. The fourth-order valence-corrected chi connectivity index (χ4v) is 2.32. The molecule has 6 nitrogen and oxygen atoms in total. The highest BCUT2D eigenvalue weighted by atomic mass is 19.1. The largest absolute Gasteiger partial charge is 0.353 e. The lowest BCUT2D eigenvalue weighted by Crippen LogP contribution is -2.21. The van der Waals surface area contributed by atoms with E-state index in [0.29, 0.717) is 11.8 Å². The quantitative estimate of drug-likeness (QED) is 0.679. The molecule has 1 aromatic carbocycles. The van der Waals surface area contributed by atoms with Crippen LogP contribution in [0.1, 0.15) is 0 Å². The van der Waals surface area contributed by atoms with Crippen LogP contribution in [0.2, 0.25) is 0 Å². The predicted octanol–water partition coefficient (Wildman–Crippen LogP) is 3.39. The van der Waals surface area contributed by atoms with Crippen molar-refractivity contribution in [2.45, 2.75) is 0 Å². The van der Waals surface area contributed by atoms with Crippen molar-refractivity contribution in [3.8, 4) is 11.3 Å². The maximum absolute atomic E-state index is 13.1. The minimum absolute atomic E-state index is 0.277. The number of anilines is 3. The van der Waals surface area contributed by atoms with Gasteiger partial charge in [0, 0.05) is 42.8 Å². The summed E-state index contributed by atoms with van der Waals surface area (Å²) in [5, 5.41) is 6.43. The second-order valence-electron chi connectivity index (χ2n) is 6.07. The van der Waals surface area contributed by atoms with Crippen molar-refractivity contribution in [2.24, 2.45) is 0 Å². The number of nitrogens with zero attached hydrogens (tertiary/aromatic N) is 4. The van der Waals surface area contributed by atoms with Crippen molar-refractivity contribution in [3.63, 3.8) is 0 Å². The summed E-state index contributed by atoms with van der Waals surface area (Å²) in [7, 11) is 4.02. The van der Waals surface area contributed by atoms with Crippen LogP contribution in [-0.2, 0) is 0 Å². The fourth-order valence-electron chi connectivity index (χ4n) is 2.32. The molecule has 26 heavy (non-hydrogen) atoms. The molecular weight excluding hydrogens is 331 g/mol. The molecule has 3 rings (SSSR count). The summed E-state index contributed by atoms with van der Waals surface area (Å²) in [5.41, 5.74) is 2.40. The summed E-state index contributed by atoms with van der Waals surface area (Å²) in [5.74, 6) is 0.871. The molecule has 0 bridgehead atoms. The van der Waals surface area contributed by atoms with E-state index < -0.39 is 0 Å². The molecule has 2 N–H and O–H groups in total. The number of halogens is 1. The van der Waals surface area contributed by atoms with Gasteiger partial charge in [-0.2, -0.15) is 4.98 Å². The predicted molar refractivity (Wildman–Crippen MR) is 102 cm³/mol. The SMILES string of the molecule is CN(C)CCNc1nc(Nc2ccc(F)cc2)cc(-c2cccnc2)n1. The molecule has 0 saturated carbocycles. The van der Waals surface area contributed by atoms with E-state index in [2.05, 4.69) is 30.5 Å². The molecule has 0 unspecified atom stereocenters. The second-order valence-corrected chi connectivity index (χ2v) is 6.07. The first kappa shape index (κ1) is 17.8. The molecule has 0 amide bonds. The van der Waals surface area contributed by atoms with E-state index in [1.54, 1.807) is 24.5 Å². The minimum atomic E-state index is -0.277. The molecule has 0 fully saturated rings. The summed E-state index contributed by atoms with van der Waals surface area (Å²) in [6, 6.07) is 11.8. The third-order valence-electron chi connectivity index (χ3n) is 3.64. The van der Waals surface area contributed by atoms with Crippen LogP contribution in [0, 0.1) is 5.82 Å². The van der Waals surface area contributed by atoms with Gasteiger partial charge in [0.2, 0.25) is 5.95 Å². The molecule has 0 radical (unpaired) electrons. The van der Waals surface area contributed by atoms with Gasteiger partial charge in [0.05, 0.1) is 5.69 Å². The van der Waals surface area contributed by atoms with E-state index in [-0.39, 0.29) is 5.82 Å². The zero-order chi connectivity index (χ0) is 18.4. The molecule has 0 aliphatic heterocycles. The first-order valence-corrected chi connectivity index (χ1v) is 8.31. The van der Waals surface area contributed by atoms with E-state index in [4.69, 9.17) is 0 Å². The van der Waals surface area contributed by atoms with Gasteiger partial charge in [-0.05, 0) is 50.5 Å². The van der Waals surface area contributed by atoms with Crippen LogP contribution >= 0.6 is 0 Å². The van der Waals surface area contributed by atoms with Gasteiger partial charge in [0.1, 0.15) is 11.6 Å². The number of aromatic nitrogens is 3. The summed E-state index contributed by atoms with van der Waals surface area (Å²) in [6.07, 6.45) is 3.48. The molecule has 7 heteroatoms. The fraction of sp³-hybridized carbons (Fsp3) is 0.211. The lowest BCUT2D eigenvalue weighted by Gasteiger charge is -2.13. The Balaban J connectivity index is 1.87. The highest BCUT2D eigenvalue weighted by Gasteiger charge is 2.08. The number of hydrogen-bond donors (Lipinski definition) is 2.